The molecule has 2 unspecified atom stereocenters. The van der Waals surface area contributed by atoms with Gasteiger partial charge >= 0.3 is 12.0 Å². The van der Waals surface area contributed by atoms with E-state index in [-0.39, 0.29) is 36.7 Å². The number of hydrogen-bond donors (Lipinski definition) is 1. The van der Waals surface area contributed by atoms with E-state index in [1.54, 1.807) is 13.8 Å². The quantitative estimate of drug-likeness (QED) is 0.737. The zero-order valence-electron chi connectivity index (χ0n) is 11.7. The van der Waals surface area contributed by atoms with Gasteiger partial charge in [0.25, 0.3) is 0 Å². The second-order valence-corrected chi connectivity index (χ2v) is 8.21. The predicted molar refractivity (Wildman–Crippen MR) is 72.2 cm³/mol. The normalized spacial score (nSPS) is 33.2. The molecule has 0 bridgehead atoms. The summed E-state index contributed by atoms with van der Waals surface area (Å²) in [4.78, 5) is 26.6. The van der Waals surface area contributed by atoms with E-state index in [1.807, 2.05) is 0 Å². The van der Waals surface area contributed by atoms with Gasteiger partial charge < -0.3 is 14.9 Å². The number of carbonyl (C=O) groups is 2. The lowest BCUT2D eigenvalue weighted by molar-refractivity contribution is -0.147. The molecule has 0 spiro atoms. The molecule has 2 aliphatic heterocycles. The minimum Gasteiger partial charge on any atom is -0.481 e. The fraction of sp³-hybridized carbons (Fsp3) is 0.833. The summed E-state index contributed by atoms with van der Waals surface area (Å²) in [5, 5.41) is 9.17. The zero-order chi connectivity index (χ0) is 15.1. The van der Waals surface area contributed by atoms with E-state index in [0.29, 0.717) is 13.0 Å². The molecule has 0 saturated carbocycles. The molecule has 20 heavy (non-hydrogen) atoms. The average Bonchev–Trinajstić information content (AvgIpc) is 2.71. The highest BCUT2D eigenvalue weighted by molar-refractivity contribution is 7.91. The first-order valence-corrected chi connectivity index (χ1v) is 8.46. The summed E-state index contributed by atoms with van der Waals surface area (Å²) in [6.45, 7) is 4.10. The fourth-order valence-corrected chi connectivity index (χ4v) is 4.32. The number of carboxylic acid groups (broad SMARTS) is 1. The third kappa shape index (κ3) is 2.74. The maximum absolute atomic E-state index is 12.4. The smallest absolute Gasteiger partial charge is 0.320 e. The Morgan fingerprint density at radius 1 is 1.30 bits per heavy atom. The number of likely N-dealkylation sites (tertiary alicyclic amines) is 1. The third-order valence-corrected chi connectivity index (χ3v) is 5.97. The van der Waals surface area contributed by atoms with Crippen LogP contribution in [0.25, 0.3) is 0 Å². The first kappa shape index (κ1) is 15.1. The van der Waals surface area contributed by atoms with E-state index in [2.05, 4.69) is 0 Å². The van der Waals surface area contributed by atoms with Gasteiger partial charge in [0.1, 0.15) is 0 Å². The highest BCUT2D eigenvalue weighted by Gasteiger charge is 2.44. The van der Waals surface area contributed by atoms with Crippen molar-refractivity contribution in [1.29, 1.82) is 0 Å². The third-order valence-electron chi connectivity index (χ3n) is 4.18. The van der Waals surface area contributed by atoms with Gasteiger partial charge in [-0.2, -0.15) is 0 Å². The summed E-state index contributed by atoms with van der Waals surface area (Å²) >= 11 is 0. The van der Waals surface area contributed by atoms with Crippen LogP contribution in [0, 0.1) is 5.41 Å². The van der Waals surface area contributed by atoms with Crippen molar-refractivity contribution in [3.8, 4) is 0 Å². The van der Waals surface area contributed by atoms with E-state index in [4.69, 9.17) is 0 Å². The Kier molecular flexibility index (Phi) is 3.70. The van der Waals surface area contributed by atoms with Gasteiger partial charge in [0.2, 0.25) is 0 Å². The molecular formula is C12H20N2O5S. The highest BCUT2D eigenvalue weighted by atomic mass is 32.2. The van der Waals surface area contributed by atoms with Gasteiger partial charge in [-0.25, -0.2) is 13.2 Å². The molecule has 114 valence electrons. The van der Waals surface area contributed by atoms with Crippen molar-refractivity contribution < 1.29 is 23.1 Å². The van der Waals surface area contributed by atoms with Crippen LogP contribution >= 0.6 is 0 Å². The first-order valence-electron chi connectivity index (χ1n) is 6.64. The zero-order valence-corrected chi connectivity index (χ0v) is 12.5. The van der Waals surface area contributed by atoms with Crippen LogP contribution in [0.3, 0.4) is 0 Å². The molecule has 0 radical (unpaired) electrons. The number of hydrogen-bond acceptors (Lipinski definition) is 4. The van der Waals surface area contributed by atoms with Gasteiger partial charge in [-0.15, -0.1) is 0 Å². The largest absolute Gasteiger partial charge is 0.481 e. The maximum Gasteiger partial charge on any atom is 0.320 e. The van der Waals surface area contributed by atoms with Crippen molar-refractivity contribution in [2.24, 2.45) is 5.41 Å². The lowest BCUT2D eigenvalue weighted by Gasteiger charge is -2.36. The lowest BCUT2D eigenvalue weighted by Crippen LogP contribution is -2.54. The molecule has 2 amide bonds. The number of rotatable bonds is 1. The second kappa shape index (κ2) is 4.91. The monoisotopic (exact) mass is 304 g/mol. The fourth-order valence-electron chi connectivity index (χ4n) is 2.76. The Labute approximate surface area is 118 Å². The summed E-state index contributed by atoms with van der Waals surface area (Å²) in [6.07, 6.45) is 0.425. The number of amides is 2. The summed E-state index contributed by atoms with van der Waals surface area (Å²) in [5.74, 6) is -0.947. The molecule has 0 aliphatic carbocycles. The number of urea groups is 1. The van der Waals surface area contributed by atoms with Gasteiger partial charge in [0.15, 0.2) is 9.84 Å². The topological polar surface area (TPSA) is 95.0 Å². The van der Waals surface area contributed by atoms with Crippen LogP contribution in [-0.2, 0) is 14.6 Å². The Morgan fingerprint density at radius 3 is 2.45 bits per heavy atom. The van der Waals surface area contributed by atoms with Gasteiger partial charge in [-0.3, -0.25) is 4.79 Å². The van der Waals surface area contributed by atoms with Crippen molar-refractivity contribution >= 4 is 21.8 Å². The number of nitrogens with zero attached hydrogens (tertiary/aromatic N) is 2. The van der Waals surface area contributed by atoms with Gasteiger partial charge in [-0.05, 0) is 20.3 Å². The Balaban J connectivity index is 2.05. The molecule has 0 aromatic heterocycles. The summed E-state index contributed by atoms with van der Waals surface area (Å²) in [6, 6.07) is -0.615. The van der Waals surface area contributed by atoms with Gasteiger partial charge in [0, 0.05) is 25.7 Å². The Bertz CT molecular complexity index is 532. The van der Waals surface area contributed by atoms with E-state index in [1.165, 1.54) is 9.80 Å². The lowest BCUT2D eigenvalue weighted by atomic mass is 9.90. The van der Waals surface area contributed by atoms with E-state index in [0.717, 1.165) is 0 Å². The predicted octanol–water partition coefficient (Wildman–Crippen LogP) is 0.0219. The van der Waals surface area contributed by atoms with Crippen LogP contribution in [0.4, 0.5) is 4.79 Å². The first-order chi connectivity index (χ1) is 9.15. The molecule has 8 heteroatoms. The average molecular weight is 304 g/mol. The van der Waals surface area contributed by atoms with Crippen molar-refractivity contribution in [2.45, 2.75) is 26.3 Å². The Hall–Kier alpha value is -1.31. The molecule has 0 aromatic carbocycles. The summed E-state index contributed by atoms with van der Waals surface area (Å²) in [5.41, 5.74) is -0.902. The van der Waals surface area contributed by atoms with E-state index >= 15 is 0 Å². The number of aliphatic carboxylic acids is 1. The summed E-state index contributed by atoms with van der Waals surface area (Å²) in [7, 11) is -3.06. The Morgan fingerprint density at radius 2 is 1.95 bits per heavy atom. The van der Waals surface area contributed by atoms with Crippen molar-refractivity contribution in [2.75, 3.05) is 31.1 Å². The number of carbonyl (C=O) groups excluding carboxylic acids is 1. The van der Waals surface area contributed by atoms with Crippen LogP contribution in [0.2, 0.25) is 0 Å². The molecule has 2 heterocycles. The minimum atomic E-state index is -3.06. The highest BCUT2D eigenvalue weighted by Crippen LogP contribution is 2.31. The van der Waals surface area contributed by atoms with Gasteiger partial charge in [-0.1, -0.05) is 0 Å². The van der Waals surface area contributed by atoms with Crippen LogP contribution in [0.15, 0.2) is 0 Å². The van der Waals surface area contributed by atoms with Crippen LogP contribution < -0.4 is 0 Å². The molecular weight excluding hydrogens is 284 g/mol. The van der Waals surface area contributed by atoms with E-state index < -0.39 is 21.2 Å². The molecule has 2 saturated heterocycles. The minimum absolute atomic E-state index is 0.0207. The molecule has 0 aromatic rings. The van der Waals surface area contributed by atoms with Gasteiger partial charge in [0.05, 0.1) is 16.9 Å². The van der Waals surface area contributed by atoms with Crippen molar-refractivity contribution in [3.63, 3.8) is 0 Å². The van der Waals surface area contributed by atoms with Crippen LogP contribution in [-0.4, -0.2) is 72.5 Å². The maximum atomic E-state index is 12.4. The standard InChI is InChI=1S/C12H20N2O5S/c1-9-7-20(18,19)6-5-14(9)11(17)13-4-3-12(2,8-13)10(15)16/h9H,3-8H2,1-2H3,(H,15,16). The van der Waals surface area contributed by atoms with Crippen LogP contribution in [0.1, 0.15) is 20.3 Å². The SMILES string of the molecule is CC1CS(=O)(=O)CCN1C(=O)N1CCC(C)(C(=O)O)C1. The molecule has 7 nitrogen and oxygen atoms in total. The van der Waals surface area contributed by atoms with E-state index in [9.17, 15) is 23.1 Å². The number of carboxylic acids is 1. The van der Waals surface area contributed by atoms with Crippen molar-refractivity contribution in [3.05, 3.63) is 0 Å². The summed E-state index contributed by atoms with van der Waals surface area (Å²) < 4.78 is 23.0. The molecule has 2 atom stereocenters. The molecule has 2 fully saturated rings. The number of sulfone groups is 1. The molecule has 2 aliphatic rings. The second-order valence-electron chi connectivity index (χ2n) is 5.98. The van der Waals surface area contributed by atoms with Crippen LogP contribution in [0.5, 0.6) is 0 Å². The molecule has 1 N–H and O–H groups in total. The van der Waals surface area contributed by atoms with Crippen molar-refractivity contribution in [1.82, 2.24) is 9.80 Å². The molecule has 2 rings (SSSR count).